The molecule has 3 N–H and O–H groups in total. The summed E-state index contributed by atoms with van der Waals surface area (Å²) in [7, 11) is 0. The molecule has 0 aliphatic heterocycles. The molecule has 1 saturated carbocycles. The minimum absolute atomic E-state index is 0.0163. The average Bonchev–Trinajstić information content (AvgIpc) is 3.01. The summed E-state index contributed by atoms with van der Waals surface area (Å²) in [5, 5.41) is 8.65. The lowest BCUT2D eigenvalue weighted by Crippen LogP contribution is -2.13. The van der Waals surface area contributed by atoms with Crippen LogP contribution in [-0.2, 0) is 10.2 Å². The molecule has 5 heteroatoms. The van der Waals surface area contributed by atoms with Crippen molar-refractivity contribution < 1.29 is 18.7 Å². The molecular formula is C12H13F2NO2. The fourth-order valence-corrected chi connectivity index (χ4v) is 2.17. The third kappa shape index (κ3) is 2.23. The highest BCUT2D eigenvalue weighted by molar-refractivity contribution is 5.67. The van der Waals surface area contributed by atoms with Gasteiger partial charge in [0.05, 0.1) is 5.69 Å². The number of carbonyl (C=O) groups is 1. The first kappa shape index (κ1) is 11.8. The van der Waals surface area contributed by atoms with E-state index in [0.717, 1.165) is 18.9 Å². The van der Waals surface area contributed by atoms with Gasteiger partial charge < -0.3 is 10.8 Å². The zero-order valence-electron chi connectivity index (χ0n) is 9.17. The molecule has 0 unspecified atom stereocenters. The maximum Gasteiger partial charge on any atom is 0.303 e. The Hall–Kier alpha value is -1.65. The Morgan fingerprint density at radius 2 is 2.06 bits per heavy atom. The van der Waals surface area contributed by atoms with Crippen molar-refractivity contribution in [1.29, 1.82) is 0 Å². The zero-order chi connectivity index (χ0) is 12.6. The number of aliphatic carboxylic acids is 1. The number of benzene rings is 1. The van der Waals surface area contributed by atoms with Crippen LogP contribution in [-0.4, -0.2) is 11.1 Å². The van der Waals surface area contributed by atoms with Crippen LogP contribution in [0.4, 0.5) is 14.5 Å². The number of hydrogen-bond acceptors (Lipinski definition) is 2. The Morgan fingerprint density at radius 1 is 1.41 bits per heavy atom. The van der Waals surface area contributed by atoms with Gasteiger partial charge in [-0.25, -0.2) is 8.78 Å². The van der Waals surface area contributed by atoms with Gasteiger partial charge >= 0.3 is 5.97 Å². The second-order valence-corrected chi connectivity index (χ2v) is 4.52. The van der Waals surface area contributed by atoms with Crippen molar-refractivity contribution in [1.82, 2.24) is 0 Å². The molecule has 1 aromatic carbocycles. The number of carboxylic acid groups (broad SMARTS) is 1. The van der Waals surface area contributed by atoms with Gasteiger partial charge in [0, 0.05) is 12.5 Å². The van der Waals surface area contributed by atoms with Crippen LogP contribution in [0.5, 0.6) is 0 Å². The molecular weight excluding hydrogens is 228 g/mol. The van der Waals surface area contributed by atoms with E-state index < -0.39 is 23.0 Å². The molecule has 0 aromatic heterocycles. The van der Waals surface area contributed by atoms with E-state index in [1.807, 2.05) is 0 Å². The van der Waals surface area contributed by atoms with Crippen molar-refractivity contribution in [3.63, 3.8) is 0 Å². The SMILES string of the molecule is Nc1c(F)cc(F)cc1C1(CCC(=O)O)CC1. The van der Waals surface area contributed by atoms with Crippen molar-refractivity contribution in [2.75, 3.05) is 5.73 Å². The Kier molecular flexibility index (Phi) is 2.77. The van der Waals surface area contributed by atoms with Crippen molar-refractivity contribution >= 4 is 11.7 Å². The number of halogens is 2. The highest BCUT2D eigenvalue weighted by atomic mass is 19.1. The second kappa shape index (κ2) is 3.98. The van der Waals surface area contributed by atoms with Crippen LogP contribution in [0.25, 0.3) is 0 Å². The number of anilines is 1. The molecule has 1 aromatic rings. The van der Waals surface area contributed by atoms with Gasteiger partial charge in [0.25, 0.3) is 0 Å². The van der Waals surface area contributed by atoms with E-state index in [4.69, 9.17) is 10.8 Å². The van der Waals surface area contributed by atoms with Crippen molar-refractivity contribution in [2.24, 2.45) is 0 Å². The van der Waals surface area contributed by atoms with Crippen LogP contribution in [0.15, 0.2) is 12.1 Å². The molecule has 0 spiro atoms. The lowest BCUT2D eigenvalue weighted by atomic mass is 9.89. The minimum Gasteiger partial charge on any atom is -0.481 e. The van der Waals surface area contributed by atoms with E-state index in [9.17, 15) is 13.6 Å². The van der Waals surface area contributed by atoms with Crippen LogP contribution < -0.4 is 5.73 Å². The molecule has 1 aliphatic carbocycles. The Balaban J connectivity index is 2.30. The van der Waals surface area contributed by atoms with Crippen LogP contribution >= 0.6 is 0 Å². The molecule has 0 radical (unpaired) electrons. The van der Waals surface area contributed by atoms with Crippen molar-refractivity contribution in [3.8, 4) is 0 Å². The summed E-state index contributed by atoms with van der Waals surface area (Å²) in [4.78, 5) is 10.5. The maximum absolute atomic E-state index is 13.3. The first-order chi connectivity index (χ1) is 7.94. The van der Waals surface area contributed by atoms with Crippen molar-refractivity contribution in [2.45, 2.75) is 31.1 Å². The van der Waals surface area contributed by atoms with Crippen molar-refractivity contribution in [3.05, 3.63) is 29.3 Å². The quantitative estimate of drug-likeness (QED) is 0.796. The van der Waals surface area contributed by atoms with Gasteiger partial charge in [-0.05, 0) is 36.3 Å². The predicted octanol–water partition coefficient (Wildman–Crippen LogP) is 2.44. The second-order valence-electron chi connectivity index (χ2n) is 4.52. The van der Waals surface area contributed by atoms with Crippen LogP contribution in [0, 0.1) is 11.6 Å². The third-order valence-corrected chi connectivity index (χ3v) is 3.34. The van der Waals surface area contributed by atoms with E-state index in [2.05, 4.69) is 0 Å². The molecule has 3 nitrogen and oxygen atoms in total. The van der Waals surface area contributed by atoms with Gasteiger partial charge in [-0.15, -0.1) is 0 Å². The smallest absolute Gasteiger partial charge is 0.303 e. The Labute approximate surface area is 97.2 Å². The largest absolute Gasteiger partial charge is 0.481 e. The number of nitrogens with two attached hydrogens (primary N) is 1. The Morgan fingerprint density at radius 3 is 2.59 bits per heavy atom. The number of rotatable bonds is 4. The number of nitrogen functional groups attached to an aromatic ring is 1. The lowest BCUT2D eigenvalue weighted by molar-refractivity contribution is -0.137. The molecule has 0 atom stereocenters. The monoisotopic (exact) mass is 241 g/mol. The number of carboxylic acids is 1. The number of hydrogen-bond donors (Lipinski definition) is 2. The van der Waals surface area contributed by atoms with Gasteiger partial charge in [-0.2, -0.15) is 0 Å². The standard InChI is InChI=1S/C12H13F2NO2/c13-7-5-8(11(15)9(14)6-7)12(3-4-12)2-1-10(16)17/h5-6H,1-4,15H2,(H,16,17). The molecule has 0 saturated heterocycles. The summed E-state index contributed by atoms with van der Waals surface area (Å²) in [6, 6.07) is 1.96. The van der Waals surface area contributed by atoms with Gasteiger partial charge in [0.2, 0.25) is 0 Å². The van der Waals surface area contributed by atoms with E-state index >= 15 is 0 Å². The summed E-state index contributed by atoms with van der Waals surface area (Å²) in [5.41, 5.74) is 5.51. The summed E-state index contributed by atoms with van der Waals surface area (Å²) >= 11 is 0. The summed E-state index contributed by atoms with van der Waals surface area (Å²) < 4.78 is 26.5. The topological polar surface area (TPSA) is 63.3 Å². The first-order valence-corrected chi connectivity index (χ1v) is 5.41. The Bertz CT molecular complexity index is 470. The van der Waals surface area contributed by atoms with Crippen LogP contribution in [0.3, 0.4) is 0 Å². The van der Waals surface area contributed by atoms with Gasteiger partial charge in [-0.3, -0.25) is 4.79 Å². The fraction of sp³-hybridized carbons (Fsp3) is 0.417. The van der Waals surface area contributed by atoms with E-state index in [1.54, 1.807) is 0 Å². The van der Waals surface area contributed by atoms with Gasteiger partial charge in [0.15, 0.2) is 0 Å². The fourth-order valence-electron chi connectivity index (χ4n) is 2.17. The van der Waals surface area contributed by atoms with E-state index in [-0.39, 0.29) is 12.1 Å². The van der Waals surface area contributed by atoms with Gasteiger partial charge in [-0.1, -0.05) is 0 Å². The lowest BCUT2D eigenvalue weighted by Gasteiger charge is -2.17. The van der Waals surface area contributed by atoms with E-state index in [1.165, 1.54) is 6.07 Å². The third-order valence-electron chi connectivity index (χ3n) is 3.34. The molecule has 17 heavy (non-hydrogen) atoms. The van der Waals surface area contributed by atoms with Crippen LogP contribution in [0.1, 0.15) is 31.2 Å². The highest BCUT2D eigenvalue weighted by Crippen LogP contribution is 2.53. The predicted molar refractivity (Wildman–Crippen MR) is 58.6 cm³/mol. The summed E-state index contributed by atoms with van der Waals surface area (Å²) in [6.07, 6.45) is 1.81. The zero-order valence-corrected chi connectivity index (χ0v) is 9.17. The minimum atomic E-state index is -0.910. The molecule has 0 amide bonds. The molecule has 0 bridgehead atoms. The molecule has 0 heterocycles. The summed E-state index contributed by atoms with van der Waals surface area (Å²) in [6.45, 7) is 0. The molecule has 2 rings (SSSR count). The average molecular weight is 241 g/mol. The highest BCUT2D eigenvalue weighted by Gasteiger charge is 2.46. The molecule has 92 valence electrons. The van der Waals surface area contributed by atoms with Gasteiger partial charge in [0.1, 0.15) is 11.6 Å². The van der Waals surface area contributed by atoms with E-state index in [0.29, 0.717) is 12.0 Å². The molecule has 1 aliphatic rings. The normalized spacial score (nSPS) is 16.8. The maximum atomic E-state index is 13.3. The first-order valence-electron chi connectivity index (χ1n) is 5.41. The summed E-state index contributed by atoms with van der Waals surface area (Å²) in [5.74, 6) is -2.36. The molecule has 1 fully saturated rings. The van der Waals surface area contributed by atoms with Crippen LogP contribution in [0.2, 0.25) is 0 Å².